The molecule has 2 rings (SSSR count). The molecule has 3 heteroatoms. The van der Waals surface area contributed by atoms with Crippen molar-refractivity contribution in [3.63, 3.8) is 0 Å². The summed E-state index contributed by atoms with van der Waals surface area (Å²) in [6.07, 6.45) is 1.16. The Morgan fingerprint density at radius 2 is 2.06 bits per heavy atom. The van der Waals surface area contributed by atoms with Crippen molar-refractivity contribution in [2.24, 2.45) is 0 Å². The zero-order valence-corrected chi connectivity index (χ0v) is 8.77. The van der Waals surface area contributed by atoms with Crippen LogP contribution < -0.4 is 0 Å². The number of ketones is 1. The SMILES string of the molecule is CC(=O)c1cccc(-c2ccc(F)cn2)c1. The van der Waals surface area contributed by atoms with Gasteiger partial charge in [0, 0.05) is 11.1 Å². The summed E-state index contributed by atoms with van der Waals surface area (Å²) in [5, 5.41) is 0. The van der Waals surface area contributed by atoms with Crippen molar-refractivity contribution < 1.29 is 9.18 Å². The number of hydrogen-bond donors (Lipinski definition) is 0. The molecule has 0 fully saturated rings. The summed E-state index contributed by atoms with van der Waals surface area (Å²) in [6.45, 7) is 1.51. The Bertz CT molecular complexity index is 520. The first kappa shape index (κ1) is 10.5. The molecule has 0 spiro atoms. The summed E-state index contributed by atoms with van der Waals surface area (Å²) in [7, 11) is 0. The fraction of sp³-hybridized carbons (Fsp3) is 0.0769. The molecule has 0 N–H and O–H groups in total. The van der Waals surface area contributed by atoms with Crippen molar-refractivity contribution in [2.45, 2.75) is 6.92 Å². The second kappa shape index (κ2) is 4.23. The van der Waals surface area contributed by atoms with E-state index in [0.717, 1.165) is 11.8 Å². The average molecular weight is 215 g/mol. The molecule has 0 bridgehead atoms. The zero-order valence-electron chi connectivity index (χ0n) is 8.77. The highest BCUT2D eigenvalue weighted by atomic mass is 19.1. The Kier molecular flexibility index (Phi) is 2.77. The smallest absolute Gasteiger partial charge is 0.159 e. The Labute approximate surface area is 92.8 Å². The quantitative estimate of drug-likeness (QED) is 0.720. The molecule has 2 aromatic rings. The van der Waals surface area contributed by atoms with Gasteiger partial charge in [0.2, 0.25) is 0 Å². The minimum atomic E-state index is -0.369. The van der Waals surface area contributed by atoms with Gasteiger partial charge in [-0.15, -0.1) is 0 Å². The van der Waals surface area contributed by atoms with Crippen LogP contribution in [-0.2, 0) is 0 Å². The summed E-state index contributed by atoms with van der Waals surface area (Å²) in [6, 6.07) is 10.1. The third-order valence-electron chi connectivity index (χ3n) is 2.29. The number of hydrogen-bond acceptors (Lipinski definition) is 2. The van der Waals surface area contributed by atoms with Gasteiger partial charge < -0.3 is 0 Å². The summed E-state index contributed by atoms with van der Waals surface area (Å²) >= 11 is 0. The lowest BCUT2D eigenvalue weighted by molar-refractivity contribution is 0.101. The van der Waals surface area contributed by atoms with Crippen LogP contribution in [-0.4, -0.2) is 10.8 Å². The lowest BCUT2D eigenvalue weighted by atomic mass is 10.1. The normalized spacial score (nSPS) is 10.1. The molecule has 1 aromatic carbocycles. The van der Waals surface area contributed by atoms with Crippen LogP contribution in [0.5, 0.6) is 0 Å². The zero-order chi connectivity index (χ0) is 11.5. The largest absolute Gasteiger partial charge is 0.295 e. The van der Waals surface area contributed by atoms with Crippen LogP contribution in [0.2, 0.25) is 0 Å². The fourth-order valence-corrected chi connectivity index (χ4v) is 1.44. The van der Waals surface area contributed by atoms with Gasteiger partial charge in [0.25, 0.3) is 0 Å². The molecule has 0 saturated heterocycles. The maximum absolute atomic E-state index is 12.7. The first-order chi connectivity index (χ1) is 7.66. The number of carbonyl (C=O) groups excluding carboxylic acids is 1. The molecule has 0 aliphatic carbocycles. The van der Waals surface area contributed by atoms with Crippen LogP contribution in [0.15, 0.2) is 42.6 Å². The van der Waals surface area contributed by atoms with Gasteiger partial charge in [0.1, 0.15) is 5.82 Å². The first-order valence-electron chi connectivity index (χ1n) is 4.90. The highest BCUT2D eigenvalue weighted by molar-refractivity contribution is 5.95. The van der Waals surface area contributed by atoms with E-state index in [2.05, 4.69) is 4.98 Å². The molecule has 0 saturated carbocycles. The van der Waals surface area contributed by atoms with E-state index in [9.17, 15) is 9.18 Å². The van der Waals surface area contributed by atoms with E-state index < -0.39 is 0 Å². The molecular weight excluding hydrogens is 205 g/mol. The van der Waals surface area contributed by atoms with Gasteiger partial charge in [0.15, 0.2) is 5.78 Å². The third kappa shape index (κ3) is 2.14. The minimum Gasteiger partial charge on any atom is -0.295 e. The van der Waals surface area contributed by atoms with Crippen LogP contribution >= 0.6 is 0 Å². The average Bonchev–Trinajstić information content (AvgIpc) is 2.30. The van der Waals surface area contributed by atoms with E-state index in [1.165, 1.54) is 13.0 Å². The number of halogens is 1. The molecule has 0 atom stereocenters. The lowest BCUT2D eigenvalue weighted by Crippen LogP contribution is -1.92. The number of benzene rings is 1. The van der Waals surface area contributed by atoms with Gasteiger partial charge in [0.05, 0.1) is 11.9 Å². The second-order valence-electron chi connectivity index (χ2n) is 3.50. The lowest BCUT2D eigenvalue weighted by Gasteiger charge is -2.02. The maximum Gasteiger partial charge on any atom is 0.159 e. The first-order valence-corrected chi connectivity index (χ1v) is 4.90. The predicted molar refractivity (Wildman–Crippen MR) is 59.6 cm³/mol. The number of pyridine rings is 1. The summed E-state index contributed by atoms with van der Waals surface area (Å²) in [5.74, 6) is -0.365. The van der Waals surface area contributed by atoms with Crippen LogP contribution in [0, 0.1) is 5.82 Å². The van der Waals surface area contributed by atoms with Gasteiger partial charge in [-0.2, -0.15) is 0 Å². The minimum absolute atomic E-state index is 0.00367. The second-order valence-corrected chi connectivity index (χ2v) is 3.50. The molecule has 0 amide bonds. The molecule has 1 heterocycles. The number of Topliss-reactive ketones (excluding diaryl/α,β-unsaturated/α-hetero) is 1. The standard InChI is InChI=1S/C13H10FNO/c1-9(16)10-3-2-4-11(7-10)13-6-5-12(14)8-15-13/h2-8H,1H3. The van der Waals surface area contributed by atoms with E-state index in [4.69, 9.17) is 0 Å². The van der Waals surface area contributed by atoms with Gasteiger partial charge >= 0.3 is 0 Å². The number of carbonyl (C=O) groups is 1. The monoisotopic (exact) mass is 215 g/mol. The van der Waals surface area contributed by atoms with Crippen LogP contribution in [0.3, 0.4) is 0 Å². The van der Waals surface area contributed by atoms with Gasteiger partial charge in [-0.05, 0) is 25.1 Å². The molecule has 1 aromatic heterocycles. The Hall–Kier alpha value is -2.03. The summed E-state index contributed by atoms with van der Waals surface area (Å²) in [5.41, 5.74) is 2.10. The number of rotatable bonds is 2. The van der Waals surface area contributed by atoms with Gasteiger partial charge in [-0.1, -0.05) is 18.2 Å². The number of nitrogens with zero attached hydrogens (tertiary/aromatic N) is 1. The van der Waals surface area contributed by atoms with E-state index in [-0.39, 0.29) is 11.6 Å². The van der Waals surface area contributed by atoms with E-state index in [1.807, 2.05) is 6.07 Å². The molecule has 0 unspecified atom stereocenters. The van der Waals surface area contributed by atoms with E-state index in [0.29, 0.717) is 11.3 Å². The van der Waals surface area contributed by atoms with Crippen molar-refractivity contribution in [2.75, 3.05) is 0 Å². The van der Waals surface area contributed by atoms with Crippen molar-refractivity contribution in [3.8, 4) is 11.3 Å². The Balaban J connectivity index is 2.44. The Morgan fingerprint density at radius 1 is 1.25 bits per heavy atom. The summed E-state index contributed by atoms with van der Waals surface area (Å²) in [4.78, 5) is 15.2. The van der Waals surface area contributed by atoms with Crippen LogP contribution in [0.4, 0.5) is 4.39 Å². The topological polar surface area (TPSA) is 30.0 Å². The van der Waals surface area contributed by atoms with Crippen LogP contribution in [0.1, 0.15) is 17.3 Å². The maximum atomic E-state index is 12.7. The van der Waals surface area contributed by atoms with Crippen molar-refractivity contribution >= 4 is 5.78 Å². The van der Waals surface area contributed by atoms with Gasteiger partial charge in [-0.3, -0.25) is 9.78 Å². The molecule has 2 nitrogen and oxygen atoms in total. The van der Waals surface area contributed by atoms with E-state index >= 15 is 0 Å². The highest BCUT2D eigenvalue weighted by Crippen LogP contribution is 2.18. The predicted octanol–water partition coefficient (Wildman–Crippen LogP) is 3.09. The molecule has 0 aliphatic heterocycles. The molecular formula is C13H10FNO. The van der Waals surface area contributed by atoms with Crippen molar-refractivity contribution in [3.05, 3.63) is 54.0 Å². The van der Waals surface area contributed by atoms with Crippen molar-refractivity contribution in [1.29, 1.82) is 0 Å². The Morgan fingerprint density at radius 3 is 2.69 bits per heavy atom. The number of aromatic nitrogens is 1. The van der Waals surface area contributed by atoms with Crippen molar-refractivity contribution in [1.82, 2.24) is 4.98 Å². The van der Waals surface area contributed by atoms with E-state index in [1.54, 1.807) is 24.3 Å². The molecule has 16 heavy (non-hydrogen) atoms. The molecule has 0 radical (unpaired) electrons. The fourth-order valence-electron chi connectivity index (χ4n) is 1.44. The van der Waals surface area contributed by atoms with Crippen LogP contribution in [0.25, 0.3) is 11.3 Å². The highest BCUT2D eigenvalue weighted by Gasteiger charge is 2.03. The molecule has 0 aliphatic rings. The molecule has 80 valence electrons. The van der Waals surface area contributed by atoms with Gasteiger partial charge in [-0.25, -0.2) is 4.39 Å². The third-order valence-corrected chi connectivity index (χ3v) is 2.29. The summed E-state index contributed by atoms with van der Waals surface area (Å²) < 4.78 is 12.7.